The molecule has 1 aliphatic heterocycles. The lowest BCUT2D eigenvalue weighted by atomic mass is 10.2. The molecule has 2 rings (SSSR count). The van der Waals surface area contributed by atoms with E-state index in [2.05, 4.69) is 15.6 Å². The molecule has 4 nitrogen and oxygen atoms in total. The van der Waals surface area contributed by atoms with Crippen molar-refractivity contribution in [2.24, 2.45) is 0 Å². The van der Waals surface area contributed by atoms with E-state index in [0.29, 0.717) is 0 Å². The van der Waals surface area contributed by atoms with Crippen molar-refractivity contribution in [1.29, 1.82) is 0 Å². The van der Waals surface area contributed by atoms with Crippen LogP contribution in [-0.4, -0.2) is 23.5 Å². The number of amides is 1. The van der Waals surface area contributed by atoms with Gasteiger partial charge < -0.3 is 10.6 Å². The number of nitrogens with one attached hydrogen (secondary N) is 2. The van der Waals surface area contributed by atoms with Crippen LogP contribution in [0.15, 0.2) is 18.5 Å². The van der Waals surface area contributed by atoms with E-state index in [9.17, 15) is 4.79 Å². The molecule has 1 aliphatic rings. The number of anilines is 1. The molecule has 1 saturated heterocycles. The number of aryl methyl sites for hydroxylation is 1. The zero-order valence-corrected chi connectivity index (χ0v) is 8.79. The molecule has 1 amide bonds. The molecule has 2 N–H and O–H groups in total. The molecule has 1 aromatic rings. The summed E-state index contributed by atoms with van der Waals surface area (Å²) in [4.78, 5) is 15.8. The summed E-state index contributed by atoms with van der Waals surface area (Å²) in [6, 6.07) is 1.79. The van der Waals surface area contributed by atoms with Crippen LogP contribution < -0.4 is 10.6 Å². The molecular formula is C11H15N3O. The topological polar surface area (TPSA) is 54.0 Å². The van der Waals surface area contributed by atoms with E-state index in [-0.39, 0.29) is 11.9 Å². The zero-order valence-electron chi connectivity index (χ0n) is 8.79. The molecule has 0 saturated carbocycles. The van der Waals surface area contributed by atoms with Gasteiger partial charge in [-0.15, -0.1) is 0 Å². The number of aromatic nitrogens is 1. The van der Waals surface area contributed by atoms with Crippen molar-refractivity contribution in [3.8, 4) is 0 Å². The standard InChI is InChI=1S/C11H15N3O/c1-8-7-12-6-4-9(8)14-11(15)10-3-2-5-13-10/h4,6-7,10,13H,2-3,5H2,1H3,(H,12,14,15)/t10-/m1/s1. The second-order valence-corrected chi connectivity index (χ2v) is 3.83. The molecule has 0 aliphatic carbocycles. The fourth-order valence-corrected chi connectivity index (χ4v) is 1.74. The summed E-state index contributed by atoms with van der Waals surface area (Å²) in [7, 11) is 0. The Kier molecular flexibility index (Phi) is 2.97. The maximum atomic E-state index is 11.8. The van der Waals surface area contributed by atoms with Crippen molar-refractivity contribution in [3.05, 3.63) is 24.0 Å². The number of rotatable bonds is 2. The Labute approximate surface area is 89.1 Å². The van der Waals surface area contributed by atoms with Gasteiger partial charge in [0.15, 0.2) is 0 Å². The van der Waals surface area contributed by atoms with E-state index in [4.69, 9.17) is 0 Å². The van der Waals surface area contributed by atoms with Crippen molar-refractivity contribution in [2.75, 3.05) is 11.9 Å². The molecule has 0 bridgehead atoms. The van der Waals surface area contributed by atoms with Crippen molar-refractivity contribution >= 4 is 11.6 Å². The second kappa shape index (κ2) is 4.40. The van der Waals surface area contributed by atoms with Gasteiger partial charge in [0.1, 0.15) is 0 Å². The SMILES string of the molecule is Cc1cnccc1NC(=O)[C@H]1CCCN1. The number of carbonyl (C=O) groups is 1. The van der Waals surface area contributed by atoms with Gasteiger partial charge in [-0.1, -0.05) is 0 Å². The highest BCUT2D eigenvalue weighted by atomic mass is 16.2. The van der Waals surface area contributed by atoms with Gasteiger partial charge in [0.05, 0.1) is 6.04 Å². The van der Waals surface area contributed by atoms with E-state index in [1.165, 1.54) is 0 Å². The average molecular weight is 205 g/mol. The summed E-state index contributed by atoms with van der Waals surface area (Å²) in [6.07, 6.45) is 5.44. The Bertz CT molecular complexity index is 359. The molecule has 80 valence electrons. The fourth-order valence-electron chi connectivity index (χ4n) is 1.74. The van der Waals surface area contributed by atoms with Gasteiger partial charge in [0, 0.05) is 18.1 Å². The summed E-state index contributed by atoms with van der Waals surface area (Å²) in [5, 5.41) is 6.08. The fraction of sp³-hybridized carbons (Fsp3) is 0.455. The Morgan fingerprint density at radius 1 is 1.67 bits per heavy atom. The summed E-state index contributed by atoms with van der Waals surface area (Å²) < 4.78 is 0. The smallest absolute Gasteiger partial charge is 0.241 e. The first-order chi connectivity index (χ1) is 7.27. The first-order valence-corrected chi connectivity index (χ1v) is 5.22. The number of carbonyl (C=O) groups excluding carboxylic acids is 1. The molecule has 2 heterocycles. The zero-order chi connectivity index (χ0) is 10.7. The lowest BCUT2D eigenvalue weighted by Gasteiger charge is -2.12. The summed E-state index contributed by atoms with van der Waals surface area (Å²) in [5.74, 6) is 0.0572. The van der Waals surface area contributed by atoms with Gasteiger partial charge >= 0.3 is 0 Å². The van der Waals surface area contributed by atoms with Crippen LogP contribution in [0.4, 0.5) is 5.69 Å². The van der Waals surface area contributed by atoms with Crippen molar-refractivity contribution in [3.63, 3.8) is 0 Å². The summed E-state index contributed by atoms with van der Waals surface area (Å²) in [6.45, 7) is 2.87. The van der Waals surface area contributed by atoms with Crippen molar-refractivity contribution in [1.82, 2.24) is 10.3 Å². The molecular weight excluding hydrogens is 190 g/mol. The molecule has 1 aromatic heterocycles. The van der Waals surface area contributed by atoms with E-state index in [1.54, 1.807) is 12.4 Å². The van der Waals surface area contributed by atoms with Gasteiger partial charge in [-0.3, -0.25) is 9.78 Å². The van der Waals surface area contributed by atoms with E-state index in [1.807, 2.05) is 13.0 Å². The Balaban J connectivity index is 2.02. The minimum atomic E-state index is -0.0300. The largest absolute Gasteiger partial charge is 0.324 e. The Morgan fingerprint density at radius 3 is 3.20 bits per heavy atom. The molecule has 4 heteroatoms. The summed E-state index contributed by atoms with van der Waals surface area (Å²) >= 11 is 0. The number of pyridine rings is 1. The van der Waals surface area contributed by atoms with Gasteiger partial charge in [0.25, 0.3) is 0 Å². The minimum Gasteiger partial charge on any atom is -0.324 e. The normalized spacial score (nSPS) is 20.2. The molecule has 0 spiro atoms. The van der Waals surface area contributed by atoms with Gasteiger partial charge in [-0.05, 0) is 37.9 Å². The predicted molar refractivity (Wildman–Crippen MR) is 58.6 cm³/mol. The van der Waals surface area contributed by atoms with E-state index >= 15 is 0 Å². The third-order valence-electron chi connectivity index (χ3n) is 2.65. The number of nitrogens with zero attached hydrogens (tertiary/aromatic N) is 1. The quantitative estimate of drug-likeness (QED) is 0.759. The molecule has 0 aromatic carbocycles. The molecule has 1 fully saturated rings. The van der Waals surface area contributed by atoms with E-state index < -0.39 is 0 Å². The lowest BCUT2D eigenvalue weighted by Crippen LogP contribution is -2.35. The maximum Gasteiger partial charge on any atom is 0.241 e. The van der Waals surface area contributed by atoms with Crippen LogP contribution in [0.3, 0.4) is 0 Å². The highest BCUT2D eigenvalue weighted by Gasteiger charge is 2.21. The van der Waals surface area contributed by atoms with Crippen LogP contribution in [0.5, 0.6) is 0 Å². The van der Waals surface area contributed by atoms with E-state index in [0.717, 1.165) is 30.6 Å². The first-order valence-electron chi connectivity index (χ1n) is 5.22. The number of hydrogen-bond acceptors (Lipinski definition) is 3. The van der Waals surface area contributed by atoms with Crippen LogP contribution in [0.2, 0.25) is 0 Å². The minimum absolute atomic E-state index is 0.0300. The van der Waals surface area contributed by atoms with Gasteiger partial charge in [-0.25, -0.2) is 0 Å². The van der Waals surface area contributed by atoms with Crippen LogP contribution in [0.25, 0.3) is 0 Å². The van der Waals surface area contributed by atoms with Crippen LogP contribution in [-0.2, 0) is 4.79 Å². The predicted octanol–water partition coefficient (Wildman–Crippen LogP) is 1.08. The summed E-state index contributed by atoms with van der Waals surface area (Å²) in [5.41, 5.74) is 1.84. The van der Waals surface area contributed by atoms with Crippen molar-refractivity contribution in [2.45, 2.75) is 25.8 Å². The molecule has 1 atom stereocenters. The molecule has 15 heavy (non-hydrogen) atoms. The first kappa shape index (κ1) is 10.1. The number of hydrogen-bond donors (Lipinski definition) is 2. The third kappa shape index (κ3) is 2.33. The van der Waals surface area contributed by atoms with Crippen LogP contribution >= 0.6 is 0 Å². The van der Waals surface area contributed by atoms with Crippen LogP contribution in [0.1, 0.15) is 18.4 Å². The molecule has 0 unspecified atom stereocenters. The van der Waals surface area contributed by atoms with Gasteiger partial charge in [0.2, 0.25) is 5.91 Å². The Morgan fingerprint density at radius 2 is 2.53 bits per heavy atom. The Hall–Kier alpha value is -1.42. The average Bonchev–Trinajstić information content (AvgIpc) is 2.74. The highest BCUT2D eigenvalue weighted by molar-refractivity contribution is 5.95. The van der Waals surface area contributed by atoms with Crippen molar-refractivity contribution < 1.29 is 4.79 Å². The third-order valence-corrected chi connectivity index (χ3v) is 2.65. The maximum absolute atomic E-state index is 11.8. The molecule has 0 radical (unpaired) electrons. The van der Waals surface area contributed by atoms with Gasteiger partial charge in [-0.2, -0.15) is 0 Å². The monoisotopic (exact) mass is 205 g/mol. The second-order valence-electron chi connectivity index (χ2n) is 3.83. The highest BCUT2D eigenvalue weighted by Crippen LogP contribution is 2.13. The van der Waals surface area contributed by atoms with Crippen LogP contribution in [0, 0.1) is 6.92 Å². The lowest BCUT2D eigenvalue weighted by molar-refractivity contribution is -0.117.